The maximum Gasteiger partial charge on any atom is -0.00177 e. The lowest BCUT2D eigenvalue weighted by molar-refractivity contribution is 0.301. The highest BCUT2D eigenvalue weighted by molar-refractivity contribution is 5.31. The van der Waals surface area contributed by atoms with Crippen molar-refractivity contribution in [1.29, 1.82) is 0 Å². The van der Waals surface area contributed by atoms with Gasteiger partial charge in [-0.1, -0.05) is 42.2 Å². The molecule has 1 saturated carbocycles. The van der Waals surface area contributed by atoms with Crippen molar-refractivity contribution in [2.75, 3.05) is 13.6 Å². The number of hydrogen-bond acceptors (Lipinski definition) is 1. The Kier molecular flexibility index (Phi) is 4.22. The van der Waals surface area contributed by atoms with Crippen molar-refractivity contribution in [3.63, 3.8) is 0 Å². The van der Waals surface area contributed by atoms with Crippen molar-refractivity contribution < 1.29 is 0 Å². The molecule has 94 valence electrons. The first-order valence-corrected chi connectivity index (χ1v) is 6.93. The van der Waals surface area contributed by atoms with Crippen molar-refractivity contribution >= 4 is 0 Å². The van der Waals surface area contributed by atoms with Crippen LogP contribution in [0.2, 0.25) is 0 Å². The second-order valence-electron chi connectivity index (χ2n) is 5.63. The lowest BCUT2D eigenvalue weighted by Crippen LogP contribution is -2.27. The van der Waals surface area contributed by atoms with Crippen molar-refractivity contribution in [3.8, 4) is 0 Å². The number of aryl methyl sites for hydroxylation is 2. The number of nitrogens with one attached hydrogen (secondary N) is 1. The highest BCUT2D eigenvalue weighted by Gasteiger charge is 2.25. The van der Waals surface area contributed by atoms with Gasteiger partial charge in [0.2, 0.25) is 0 Å². The van der Waals surface area contributed by atoms with Crippen LogP contribution in [0.5, 0.6) is 0 Å². The summed E-state index contributed by atoms with van der Waals surface area (Å²) in [4.78, 5) is 0. The van der Waals surface area contributed by atoms with Gasteiger partial charge < -0.3 is 5.32 Å². The van der Waals surface area contributed by atoms with Gasteiger partial charge in [-0.05, 0) is 57.7 Å². The molecular weight excluding hydrogens is 206 g/mol. The van der Waals surface area contributed by atoms with Crippen LogP contribution in [0.25, 0.3) is 0 Å². The number of benzene rings is 1. The maximum atomic E-state index is 3.37. The third-order valence-corrected chi connectivity index (χ3v) is 4.05. The Morgan fingerprint density at radius 2 is 1.71 bits per heavy atom. The van der Waals surface area contributed by atoms with E-state index in [1.807, 2.05) is 0 Å². The standard InChI is InChI=1S/C16H25N/c1-12-8-13(2)10-15(9-12)16-7-5-4-6-14(16)11-17-3/h8-10,14,16-17H,4-7,11H2,1-3H3. The van der Waals surface area contributed by atoms with Gasteiger partial charge in [-0.15, -0.1) is 0 Å². The fourth-order valence-corrected chi connectivity index (χ4v) is 3.38. The van der Waals surface area contributed by atoms with E-state index in [-0.39, 0.29) is 0 Å². The van der Waals surface area contributed by atoms with E-state index in [0.717, 1.165) is 18.4 Å². The first-order valence-electron chi connectivity index (χ1n) is 6.93. The molecule has 0 aliphatic heterocycles. The van der Waals surface area contributed by atoms with Crippen LogP contribution in [0.1, 0.15) is 48.3 Å². The molecule has 17 heavy (non-hydrogen) atoms. The minimum absolute atomic E-state index is 0.773. The summed E-state index contributed by atoms with van der Waals surface area (Å²) >= 11 is 0. The zero-order valence-corrected chi connectivity index (χ0v) is 11.4. The van der Waals surface area contributed by atoms with Gasteiger partial charge in [0.05, 0.1) is 0 Å². The predicted octanol–water partition coefficient (Wildman–Crippen LogP) is 3.80. The molecule has 1 aliphatic rings. The smallest absolute Gasteiger partial charge is 0.00177 e. The van der Waals surface area contributed by atoms with E-state index in [1.165, 1.54) is 36.8 Å². The van der Waals surface area contributed by atoms with E-state index in [1.54, 1.807) is 5.56 Å². The lowest BCUT2D eigenvalue weighted by atomic mass is 9.75. The van der Waals surface area contributed by atoms with Gasteiger partial charge in [0.1, 0.15) is 0 Å². The Morgan fingerprint density at radius 1 is 1.06 bits per heavy atom. The SMILES string of the molecule is CNCC1CCCCC1c1cc(C)cc(C)c1. The first kappa shape index (κ1) is 12.6. The van der Waals surface area contributed by atoms with Crippen molar-refractivity contribution in [2.24, 2.45) is 5.92 Å². The fraction of sp³-hybridized carbons (Fsp3) is 0.625. The van der Waals surface area contributed by atoms with Gasteiger partial charge in [0.15, 0.2) is 0 Å². The van der Waals surface area contributed by atoms with E-state index >= 15 is 0 Å². The van der Waals surface area contributed by atoms with Crippen LogP contribution < -0.4 is 5.32 Å². The van der Waals surface area contributed by atoms with E-state index in [9.17, 15) is 0 Å². The molecule has 2 atom stereocenters. The summed E-state index contributed by atoms with van der Waals surface area (Å²) < 4.78 is 0. The molecule has 1 heteroatoms. The van der Waals surface area contributed by atoms with Crippen LogP contribution in [0.15, 0.2) is 18.2 Å². The van der Waals surface area contributed by atoms with Gasteiger partial charge in [0, 0.05) is 0 Å². The van der Waals surface area contributed by atoms with Crippen LogP contribution in [-0.2, 0) is 0 Å². The summed E-state index contributed by atoms with van der Waals surface area (Å²) in [6.45, 7) is 5.59. The van der Waals surface area contributed by atoms with Crippen molar-refractivity contribution in [3.05, 3.63) is 34.9 Å². The Balaban J connectivity index is 2.22. The minimum atomic E-state index is 0.773. The minimum Gasteiger partial charge on any atom is -0.319 e. The number of hydrogen-bond donors (Lipinski definition) is 1. The molecular formula is C16H25N. The zero-order valence-electron chi connectivity index (χ0n) is 11.4. The molecule has 1 fully saturated rings. The molecule has 2 unspecified atom stereocenters. The largest absolute Gasteiger partial charge is 0.319 e. The summed E-state index contributed by atoms with van der Waals surface area (Å²) in [7, 11) is 2.08. The first-order chi connectivity index (χ1) is 8.20. The Bertz CT molecular complexity index is 348. The molecule has 0 heterocycles. The summed E-state index contributed by atoms with van der Waals surface area (Å²) in [5, 5.41) is 3.37. The summed E-state index contributed by atoms with van der Waals surface area (Å²) in [5.41, 5.74) is 4.39. The lowest BCUT2D eigenvalue weighted by Gasteiger charge is -2.32. The third kappa shape index (κ3) is 3.10. The van der Waals surface area contributed by atoms with Gasteiger partial charge >= 0.3 is 0 Å². The normalized spacial score (nSPS) is 24.9. The average molecular weight is 231 g/mol. The summed E-state index contributed by atoms with van der Waals surface area (Å²) in [6.07, 6.45) is 5.57. The molecule has 0 saturated heterocycles. The Morgan fingerprint density at radius 3 is 2.35 bits per heavy atom. The van der Waals surface area contributed by atoms with Gasteiger partial charge in [0.25, 0.3) is 0 Å². The monoisotopic (exact) mass is 231 g/mol. The van der Waals surface area contributed by atoms with Gasteiger partial charge in [-0.2, -0.15) is 0 Å². The van der Waals surface area contributed by atoms with Gasteiger partial charge in [-0.25, -0.2) is 0 Å². The fourth-order valence-electron chi connectivity index (χ4n) is 3.38. The molecule has 0 bridgehead atoms. The Hall–Kier alpha value is -0.820. The molecule has 0 radical (unpaired) electrons. The van der Waals surface area contributed by atoms with Crippen LogP contribution in [0, 0.1) is 19.8 Å². The van der Waals surface area contributed by atoms with E-state index in [4.69, 9.17) is 0 Å². The molecule has 0 spiro atoms. The summed E-state index contributed by atoms with van der Waals surface area (Å²) in [6, 6.07) is 7.07. The third-order valence-electron chi connectivity index (χ3n) is 4.05. The second kappa shape index (κ2) is 5.68. The molecule has 1 aromatic carbocycles. The highest BCUT2D eigenvalue weighted by atomic mass is 14.8. The molecule has 0 amide bonds. The van der Waals surface area contributed by atoms with Crippen molar-refractivity contribution in [1.82, 2.24) is 5.32 Å². The molecule has 2 rings (SSSR count). The van der Waals surface area contributed by atoms with Crippen LogP contribution in [0.3, 0.4) is 0 Å². The van der Waals surface area contributed by atoms with Crippen LogP contribution in [0.4, 0.5) is 0 Å². The molecule has 0 aromatic heterocycles. The molecule has 1 aliphatic carbocycles. The van der Waals surface area contributed by atoms with Crippen LogP contribution in [-0.4, -0.2) is 13.6 Å². The quantitative estimate of drug-likeness (QED) is 0.834. The molecule has 1 nitrogen and oxygen atoms in total. The summed E-state index contributed by atoms with van der Waals surface area (Å²) in [5.74, 6) is 1.60. The Labute approximate surface area is 106 Å². The average Bonchev–Trinajstić information content (AvgIpc) is 2.29. The van der Waals surface area contributed by atoms with Gasteiger partial charge in [-0.3, -0.25) is 0 Å². The number of rotatable bonds is 3. The zero-order chi connectivity index (χ0) is 12.3. The van der Waals surface area contributed by atoms with E-state index in [2.05, 4.69) is 44.4 Å². The maximum absolute atomic E-state index is 3.37. The molecule has 1 N–H and O–H groups in total. The topological polar surface area (TPSA) is 12.0 Å². The molecule has 1 aromatic rings. The van der Waals surface area contributed by atoms with Crippen LogP contribution >= 0.6 is 0 Å². The second-order valence-corrected chi connectivity index (χ2v) is 5.63. The van der Waals surface area contributed by atoms with E-state index < -0.39 is 0 Å². The highest BCUT2D eigenvalue weighted by Crippen LogP contribution is 2.38. The van der Waals surface area contributed by atoms with E-state index in [0.29, 0.717) is 0 Å². The predicted molar refractivity (Wildman–Crippen MR) is 74.5 cm³/mol. The van der Waals surface area contributed by atoms with Crippen molar-refractivity contribution in [2.45, 2.75) is 45.4 Å².